The number of nitrogens with two attached hydrogens (primary N) is 1. The lowest BCUT2D eigenvalue weighted by Gasteiger charge is -2.28. The first kappa shape index (κ1) is 12.2. The molecule has 3 N–H and O–H groups in total. The minimum atomic E-state index is 0.0986. The van der Waals surface area contributed by atoms with E-state index in [1.165, 1.54) is 25.7 Å². The van der Waals surface area contributed by atoms with Crippen LogP contribution in [0.2, 0.25) is 5.02 Å². The smallest absolute Gasteiger partial charge is 0.124 e. The molecule has 3 nitrogen and oxygen atoms in total. The largest absolute Gasteiger partial charge is 0.384 e. The zero-order chi connectivity index (χ0) is 12.4. The number of nitrogen functional groups attached to an aromatic ring is 1. The number of benzene rings is 1. The predicted molar refractivity (Wildman–Crippen MR) is 73.1 cm³/mol. The van der Waals surface area contributed by atoms with Gasteiger partial charge in [-0.15, -0.1) is 0 Å². The zero-order valence-corrected chi connectivity index (χ0v) is 10.8. The molecule has 1 aliphatic rings. The van der Waals surface area contributed by atoms with Crippen molar-refractivity contribution in [1.82, 2.24) is 0 Å². The van der Waals surface area contributed by atoms with Gasteiger partial charge in [0.25, 0.3) is 0 Å². The third kappa shape index (κ3) is 2.55. The van der Waals surface area contributed by atoms with Crippen molar-refractivity contribution in [2.24, 2.45) is 5.73 Å². The Morgan fingerprint density at radius 3 is 2.65 bits per heavy atom. The first-order chi connectivity index (χ1) is 8.09. The Morgan fingerprint density at radius 1 is 1.41 bits per heavy atom. The molecule has 1 fully saturated rings. The van der Waals surface area contributed by atoms with Crippen LogP contribution in [0.5, 0.6) is 0 Å². The molecule has 1 aromatic carbocycles. The van der Waals surface area contributed by atoms with Gasteiger partial charge >= 0.3 is 0 Å². The van der Waals surface area contributed by atoms with Gasteiger partial charge in [0.1, 0.15) is 5.84 Å². The summed E-state index contributed by atoms with van der Waals surface area (Å²) >= 11 is 6.03. The number of amidine groups is 1. The van der Waals surface area contributed by atoms with Crippen molar-refractivity contribution in [2.75, 3.05) is 11.9 Å². The van der Waals surface area contributed by atoms with E-state index in [9.17, 15) is 0 Å². The molecule has 0 bridgehead atoms. The second-order valence-electron chi connectivity index (χ2n) is 4.62. The maximum Gasteiger partial charge on any atom is 0.124 e. The summed E-state index contributed by atoms with van der Waals surface area (Å²) in [6.07, 6.45) is 4.98. The molecule has 1 saturated carbocycles. The van der Waals surface area contributed by atoms with Crippen molar-refractivity contribution in [3.8, 4) is 0 Å². The van der Waals surface area contributed by atoms with Crippen molar-refractivity contribution in [2.45, 2.75) is 31.7 Å². The van der Waals surface area contributed by atoms with Gasteiger partial charge in [-0.05, 0) is 31.0 Å². The minimum Gasteiger partial charge on any atom is -0.384 e. The summed E-state index contributed by atoms with van der Waals surface area (Å²) in [7, 11) is 2.06. The van der Waals surface area contributed by atoms with Gasteiger partial charge in [-0.25, -0.2) is 0 Å². The Labute approximate surface area is 107 Å². The summed E-state index contributed by atoms with van der Waals surface area (Å²) in [6.45, 7) is 0. The SMILES string of the molecule is CN(c1cc(Cl)ccc1C(=N)N)C1CCCC1. The summed E-state index contributed by atoms with van der Waals surface area (Å²) in [4.78, 5) is 2.22. The first-order valence-electron chi connectivity index (χ1n) is 5.96. The molecule has 0 spiro atoms. The summed E-state index contributed by atoms with van der Waals surface area (Å²) < 4.78 is 0. The van der Waals surface area contributed by atoms with E-state index in [-0.39, 0.29) is 5.84 Å². The molecule has 0 aromatic heterocycles. The van der Waals surface area contributed by atoms with E-state index in [4.69, 9.17) is 22.7 Å². The van der Waals surface area contributed by atoms with Crippen LogP contribution in [0.4, 0.5) is 5.69 Å². The second-order valence-corrected chi connectivity index (χ2v) is 5.06. The molecule has 0 radical (unpaired) electrons. The van der Waals surface area contributed by atoms with Crippen molar-refractivity contribution >= 4 is 23.1 Å². The van der Waals surface area contributed by atoms with Crippen molar-refractivity contribution in [3.05, 3.63) is 28.8 Å². The molecule has 0 saturated heterocycles. The van der Waals surface area contributed by atoms with Gasteiger partial charge in [-0.2, -0.15) is 0 Å². The number of nitrogens with one attached hydrogen (secondary N) is 1. The van der Waals surface area contributed by atoms with E-state index in [0.717, 1.165) is 11.3 Å². The average molecular weight is 252 g/mol. The van der Waals surface area contributed by atoms with E-state index < -0.39 is 0 Å². The third-order valence-corrected chi connectivity index (χ3v) is 3.74. The van der Waals surface area contributed by atoms with Crippen LogP contribution in [-0.4, -0.2) is 18.9 Å². The fourth-order valence-corrected chi connectivity index (χ4v) is 2.68. The molecule has 4 heteroatoms. The van der Waals surface area contributed by atoms with Gasteiger partial charge in [0.05, 0.1) is 0 Å². The van der Waals surface area contributed by atoms with Crippen molar-refractivity contribution in [3.63, 3.8) is 0 Å². The fraction of sp³-hybridized carbons (Fsp3) is 0.462. The van der Waals surface area contributed by atoms with E-state index in [0.29, 0.717) is 11.1 Å². The Hall–Kier alpha value is -1.22. The fourth-order valence-electron chi connectivity index (χ4n) is 2.51. The molecule has 92 valence electrons. The molecular weight excluding hydrogens is 234 g/mol. The van der Waals surface area contributed by atoms with E-state index >= 15 is 0 Å². The van der Waals surface area contributed by atoms with Crippen LogP contribution in [0, 0.1) is 5.41 Å². The lowest BCUT2D eigenvalue weighted by Crippen LogP contribution is -2.31. The zero-order valence-electron chi connectivity index (χ0n) is 10.0. The van der Waals surface area contributed by atoms with Gasteiger partial charge in [0, 0.05) is 29.4 Å². The molecule has 0 unspecified atom stereocenters. The highest BCUT2D eigenvalue weighted by Gasteiger charge is 2.22. The minimum absolute atomic E-state index is 0.0986. The number of rotatable bonds is 3. The normalized spacial score (nSPS) is 16.1. The number of halogens is 1. The Bertz CT molecular complexity index is 425. The van der Waals surface area contributed by atoms with Gasteiger partial charge < -0.3 is 10.6 Å². The second kappa shape index (κ2) is 4.96. The van der Waals surface area contributed by atoms with Crippen molar-refractivity contribution in [1.29, 1.82) is 5.41 Å². The van der Waals surface area contributed by atoms with Crippen LogP contribution < -0.4 is 10.6 Å². The molecule has 0 amide bonds. The quantitative estimate of drug-likeness (QED) is 0.641. The number of hydrogen-bond acceptors (Lipinski definition) is 2. The van der Waals surface area contributed by atoms with E-state index in [1.54, 1.807) is 6.07 Å². The van der Waals surface area contributed by atoms with Gasteiger partial charge in [-0.3, -0.25) is 5.41 Å². The topological polar surface area (TPSA) is 53.1 Å². The van der Waals surface area contributed by atoms with E-state index in [1.807, 2.05) is 12.1 Å². The lowest BCUT2D eigenvalue weighted by atomic mass is 10.1. The standard InChI is InChI=1S/C13H18ClN3/c1-17(10-4-2-3-5-10)12-8-9(14)6-7-11(12)13(15)16/h6-8,10H,2-5H2,1H3,(H3,15,16). The maximum absolute atomic E-state index is 7.62. The number of nitrogens with zero attached hydrogens (tertiary/aromatic N) is 1. The maximum atomic E-state index is 7.62. The number of anilines is 1. The monoisotopic (exact) mass is 251 g/mol. The van der Waals surface area contributed by atoms with Crippen LogP contribution in [0.25, 0.3) is 0 Å². The summed E-state index contributed by atoms with van der Waals surface area (Å²) in [5, 5.41) is 8.31. The highest BCUT2D eigenvalue weighted by Crippen LogP contribution is 2.30. The van der Waals surface area contributed by atoms with Crippen LogP contribution in [-0.2, 0) is 0 Å². The summed E-state index contributed by atoms with van der Waals surface area (Å²) in [5.74, 6) is 0.0986. The van der Waals surface area contributed by atoms with Gasteiger partial charge in [0.15, 0.2) is 0 Å². The Balaban J connectivity index is 2.34. The van der Waals surface area contributed by atoms with Crippen molar-refractivity contribution < 1.29 is 0 Å². The van der Waals surface area contributed by atoms with Gasteiger partial charge in [-0.1, -0.05) is 24.4 Å². The third-order valence-electron chi connectivity index (χ3n) is 3.50. The molecule has 17 heavy (non-hydrogen) atoms. The molecular formula is C13H18ClN3. The van der Waals surface area contributed by atoms with Crippen LogP contribution >= 0.6 is 11.6 Å². The summed E-state index contributed by atoms with van der Waals surface area (Å²) in [6, 6.07) is 6.05. The van der Waals surface area contributed by atoms with Crippen LogP contribution in [0.1, 0.15) is 31.2 Å². The van der Waals surface area contributed by atoms with Gasteiger partial charge in [0.2, 0.25) is 0 Å². The molecule has 1 aromatic rings. The molecule has 2 rings (SSSR count). The van der Waals surface area contributed by atoms with Crippen LogP contribution in [0.3, 0.4) is 0 Å². The van der Waals surface area contributed by atoms with Crippen LogP contribution in [0.15, 0.2) is 18.2 Å². The summed E-state index contributed by atoms with van der Waals surface area (Å²) in [5.41, 5.74) is 7.35. The average Bonchev–Trinajstić information content (AvgIpc) is 2.80. The highest BCUT2D eigenvalue weighted by atomic mass is 35.5. The molecule has 0 atom stereocenters. The number of hydrogen-bond donors (Lipinski definition) is 2. The molecule has 1 aliphatic carbocycles. The molecule has 0 aliphatic heterocycles. The highest BCUT2D eigenvalue weighted by molar-refractivity contribution is 6.31. The Kier molecular flexibility index (Phi) is 3.57. The van der Waals surface area contributed by atoms with E-state index in [2.05, 4.69) is 11.9 Å². The Morgan fingerprint density at radius 2 is 2.06 bits per heavy atom. The predicted octanol–water partition coefficient (Wildman–Crippen LogP) is 3.00. The lowest BCUT2D eigenvalue weighted by molar-refractivity contribution is 0.653. The molecule has 0 heterocycles. The first-order valence-corrected chi connectivity index (χ1v) is 6.34.